The summed E-state index contributed by atoms with van der Waals surface area (Å²) >= 11 is 0. The van der Waals surface area contributed by atoms with Crippen LogP contribution in [0.15, 0.2) is 39.5 Å². The molecule has 0 saturated heterocycles. The van der Waals surface area contributed by atoms with Crippen LogP contribution in [-0.2, 0) is 13.0 Å². The van der Waals surface area contributed by atoms with Gasteiger partial charge in [0.25, 0.3) is 5.91 Å². The number of fused-ring (bicyclic) bond motifs is 1. The zero-order valence-corrected chi connectivity index (χ0v) is 11.6. The Labute approximate surface area is 121 Å². The molecule has 0 radical (unpaired) electrons. The first-order valence-electron chi connectivity index (χ1n) is 6.76. The van der Waals surface area contributed by atoms with Crippen molar-refractivity contribution in [1.29, 1.82) is 0 Å². The lowest BCUT2D eigenvalue weighted by atomic mass is 10.1. The number of carbonyl (C=O) groups is 1. The SMILES string of the molecule is Cc1cc(=O)cc(C(=O)NCc2ccc3c(c2)CCO3)o1. The molecule has 5 heteroatoms. The molecule has 5 nitrogen and oxygen atoms in total. The summed E-state index contributed by atoms with van der Waals surface area (Å²) in [6.07, 6.45) is 0.893. The van der Waals surface area contributed by atoms with E-state index in [4.69, 9.17) is 9.15 Å². The van der Waals surface area contributed by atoms with Gasteiger partial charge in [-0.3, -0.25) is 9.59 Å². The molecule has 3 rings (SSSR count). The molecule has 1 aromatic heterocycles. The van der Waals surface area contributed by atoms with E-state index in [9.17, 15) is 9.59 Å². The highest BCUT2D eigenvalue weighted by molar-refractivity contribution is 5.91. The Hall–Kier alpha value is -2.56. The van der Waals surface area contributed by atoms with E-state index < -0.39 is 5.91 Å². The predicted octanol–water partition coefficient (Wildman–Crippen LogP) is 1.81. The smallest absolute Gasteiger partial charge is 0.287 e. The van der Waals surface area contributed by atoms with Crippen molar-refractivity contribution in [1.82, 2.24) is 5.32 Å². The Kier molecular flexibility index (Phi) is 3.48. The molecule has 0 fully saturated rings. The summed E-state index contributed by atoms with van der Waals surface area (Å²) in [5.41, 5.74) is 1.91. The van der Waals surface area contributed by atoms with Crippen molar-refractivity contribution in [2.24, 2.45) is 0 Å². The van der Waals surface area contributed by atoms with Gasteiger partial charge in [0, 0.05) is 25.1 Å². The first-order valence-corrected chi connectivity index (χ1v) is 6.76. The van der Waals surface area contributed by atoms with Gasteiger partial charge in [0.15, 0.2) is 11.2 Å². The summed E-state index contributed by atoms with van der Waals surface area (Å²) in [4.78, 5) is 23.4. The summed E-state index contributed by atoms with van der Waals surface area (Å²) in [5.74, 6) is 0.967. The maximum atomic E-state index is 12.0. The minimum atomic E-state index is -0.396. The fraction of sp³-hybridized carbons (Fsp3) is 0.250. The number of rotatable bonds is 3. The van der Waals surface area contributed by atoms with Gasteiger partial charge >= 0.3 is 0 Å². The molecule has 0 unspecified atom stereocenters. The minimum absolute atomic E-state index is 0.0319. The fourth-order valence-corrected chi connectivity index (χ4v) is 2.33. The molecule has 1 aliphatic rings. The molecule has 1 aliphatic heterocycles. The second kappa shape index (κ2) is 5.44. The van der Waals surface area contributed by atoms with Gasteiger partial charge in [-0.05, 0) is 24.1 Å². The molecule has 0 saturated carbocycles. The third-order valence-electron chi connectivity index (χ3n) is 3.32. The van der Waals surface area contributed by atoms with Crippen molar-refractivity contribution in [3.8, 4) is 5.75 Å². The molecule has 0 spiro atoms. The topological polar surface area (TPSA) is 68.5 Å². The molecule has 21 heavy (non-hydrogen) atoms. The van der Waals surface area contributed by atoms with Crippen LogP contribution in [0, 0.1) is 6.92 Å². The third-order valence-corrected chi connectivity index (χ3v) is 3.32. The molecule has 1 aromatic carbocycles. The lowest BCUT2D eigenvalue weighted by Gasteiger charge is -2.06. The zero-order valence-electron chi connectivity index (χ0n) is 11.6. The van der Waals surface area contributed by atoms with Crippen molar-refractivity contribution >= 4 is 5.91 Å². The number of ether oxygens (including phenoxy) is 1. The summed E-state index contributed by atoms with van der Waals surface area (Å²) < 4.78 is 10.7. The van der Waals surface area contributed by atoms with E-state index in [0.717, 1.165) is 23.3 Å². The molecule has 1 N–H and O–H groups in total. The van der Waals surface area contributed by atoms with Crippen molar-refractivity contribution in [3.63, 3.8) is 0 Å². The molecule has 0 atom stereocenters. The summed E-state index contributed by atoms with van der Waals surface area (Å²) in [7, 11) is 0. The first-order chi connectivity index (χ1) is 10.1. The second-order valence-corrected chi connectivity index (χ2v) is 4.99. The predicted molar refractivity (Wildman–Crippen MR) is 76.5 cm³/mol. The monoisotopic (exact) mass is 285 g/mol. The van der Waals surface area contributed by atoms with E-state index >= 15 is 0 Å². The quantitative estimate of drug-likeness (QED) is 0.934. The van der Waals surface area contributed by atoms with Crippen LogP contribution in [-0.4, -0.2) is 12.5 Å². The van der Waals surface area contributed by atoms with Crippen LogP contribution in [0.4, 0.5) is 0 Å². The van der Waals surface area contributed by atoms with Gasteiger partial charge in [0.05, 0.1) is 6.61 Å². The molecular formula is C16H15NO4. The zero-order chi connectivity index (χ0) is 14.8. The number of hydrogen-bond acceptors (Lipinski definition) is 4. The van der Waals surface area contributed by atoms with Crippen LogP contribution < -0.4 is 15.5 Å². The molecule has 1 amide bonds. The van der Waals surface area contributed by atoms with E-state index in [2.05, 4.69) is 5.32 Å². The number of amides is 1. The van der Waals surface area contributed by atoms with E-state index in [1.807, 2.05) is 18.2 Å². The highest BCUT2D eigenvalue weighted by Gasteiger charge is 2.13. The van der Waals surface area contributed by atoms with Crippen molar-refractivity contribution in [3.05, 3.63) is 63.2 Å². The summed E-state index contributed by atoms with van der Waals surface area (Å²) in [6, 6.07) is 8.39. The van der Waals surface area contributed by atoms with Gasteiger partial charge in [0.1, 0.15) is 11.5 Å². The Bertz CT molecular complexity index is 748. The highest BCUT2D eigenvalue weighted by atomic mass is 16.5. The second-order valence-electron chi connectivity index (χ2n) is 4.99. The van der Waals surface area contributed by atoms with E-state index in [0.29, 0.717) is 18.9 Å². The molecular weight excluding hydrogens is 270 g/mol. The summed E-state index contributed by atoms with van der Waals surface area (Å²) in [6.45, 7) is 2.72. The van der Waals surface area contributed by atoms with Crippen molar-refractivity contribution < 1.29 is 13.9 Å². The molecule has 2 aromatic rings. The average Bonchev–Trinajstić information content (AvgIpc) is 2.91. The fourth-order valence-electron chi connectivity index (χ4n) is 2.33. The lowest BCUT2D eigenvalue weighted by molar-refractivity contribution is 0.0919. The normalized spacial score (nSPS) is 12.6. The van der Waals surface area contributed by atoms with Gasteiger partial charge < -0.3 is 14.5 Å². The number of benzene rings is 1. The third kappa shape index (κ3) is 2.97. The molecule has 108 valence electrons. The number of nitrogens with one attached hydrogen (secondary N) is 1. The standard InChI is InChI=1S/C16H15NO4/c1-10-6-13(18)8-15(21-10)16(19)17-9-11-2-3-14-12(7-11)4-5-20-14/h2-3,6-8H,4-5,9H2,1H3,(H,17,19). The molecule has 0 bridgehead atoms. The van der Waals surface area contributed by atoms with Crippen LogP contribution in [0.25, 0.3) is 0 Å². The highest BCUT2D eigenvalue weighted by Crippen LogP contribution is 2.25. The maximum absolute atomic E-state index is 12.0. The van der Waals surface area contributed by atoms with Crippen LogP contribution in [0.1, 0.15) is 27.4 Å². The van der Waals surface area contributed by atoms with Gasteiger partial charge in [-0.2, -0.15) is 0 Å². The summed E-state index contributed by atoms with van der Waals surface area (Å²) in [5, 5.41) is 2.75. The largest absolute Gasteiger partial charge is 0.493 e. The van der Waals surface area contributed by atoms with Crippen molar-refractivity contribution in [2.75, 3.05) is 6.61 Å². The van der Waals surface area contributed by atoms with Crippen molar-refractivity contribution in [2.45, 2.75) is 19.9 Å². The van der Waals surface area contributed by atoms with Crippen LogP contribution in [0.5, 0.6) is 5.75 Å². The van der Waals surface area contributed by atoms with Gasteiger partial charge in [-0.25, -0.2) is 0 Å². The van der Waals surface area contributed by atoms with E-state index in [1.54, 1.807) is 6.92 Å². The van der Waals surface area contributed by atoms with Gasteiger partial charge in [0.2, 0.25) is 0 Å². The number of aryl methyl sites for hydroxylation is 1. The number of hydrogen-bond donors (Lipinski definition) is 1. The van der Waals surface area contributed by atoms with Crippen LogP contribution in [0.3, 0.4) is 0 Å². The Morgan fingerprint density at radius 3 is 2.95 bits per heavy atom. The Morgan fingerprint density at radius 1 is 1.29 bits per heavy atom. The lowest BCUT2D eigenvalue weighted by Crippen LogP contribution is -2.24. The van der Waals surface area contributed by atoms with Crippen LogP contribution >= 0.6 is 0 Å². The van der Waals surface area contributed by atoms with Gasteiger partial charge in [-0.1, -0.05) is 12.1 Å². The Balaban J connectivity index is 1.69. The minimum Gasteiger partial charge on any atom is -0.493 e. The number of carbonyl (C=O) groups excluding carboxylic acids is 1. The van der Waals surface area contributed by atoms with Crippen LogP contribution in [0.2, 0.25) is 0 Å². The Morgan fingerprint density at radius 2 is 2.14 bits per heavy atom. The molecule has 2 heterocycles. The van der Waals surface area contributed by atoms with Gasteiger partial charge in [-0.15, -0.1) is 0 Å². The average molecular weight is 285 g/mol. The molecule has 0 aliphatic carbocycles. The maximum Gasteiger partial charge on any atom is 0.287 e. The first kappa shape index (κ1) is 13.4. The van der Waals surface area contributed by atoms with E-state index in [-0.39, 0.29) is 11.2 Å². The van der Waals surface area contributed by atoms with E-state index in [1.165, 1.54) is 12.1 Å².